The van der Waals surface area contributed by atoms with Gasteiger partial charge in [0.2, 0.25) is 10.0 Å². The van der Waals surface area contributed by atoms with Gasteiger partial charge in [0.25, 0.3) is 5.91 Å². The average Bonchev–Trinajstić information content (AvgIpc) is 3.42. The van der Waals surface area contributed by atoms with Gasteiger partial charge >= 0.3 is 0 Å². The van der Waals surface area contributed by atoms with E-state index in [-0.39, 0.29) is 36.6 Å². The number of benzene rings is 1. The van der Waals surface area contributed by atoms with Crippen LogP contribution in [-0.2, 0) is 23.1 Å². The molecule has 3 rings (SSSR count). The molecular formula is C21H23FN2O4S2. The lowest BCUT2D eigenvalue weighted by atomic mass is 10.1. The maximum atomic E-state index is 14.6. The van der Waals surface area contributed by atoms with Crippen molar-refractivity contribution < 1.29 is 22.0 Å². The minimum atomic E-state index is -3.82. The van der Waals surface area contributed by atoms with Gasteiger partial charge in [-0.15, -0.1) is 11.3 Å². The number of halogens is 1. The van der Waals surface area contributed by atoms with Crippen molar-refractivity contribution in [2.24, 2.45) is 0 Å². The van der Waals surface area contributed by atoms with Crippen molar-refractivity contribution >= 4 is 27.3 Å². The predicted molar refractivity (Wildman–Crippen MR) is 113 cm³/mol. The molecule has 9 heteroatoms. The number of carbonyl (C=O) groups excluding carboxylic acids is 1. The molecule has 0 spiro atoms. The summed E-state index contributed by atoms with van der Waals surface area (Å²) < 4.78 is 46.9. The summed E-state index contributed by atoms with van der Waals surface area (Å²) in [4.78, 5) is 15.5. The summed E-state index contributed by atoms with van der Waals surface area (Å²) in [5, 5.41) is 1.89. The van der Waals surface area contributed by atoms with Gasteiger partial charge in [0, 0.05) is 18.0 Å². The van der Waals surface area contributed by atoms with Crippen LogP contribution in [0.2, 0.25) is 0 Å². The van der Waals surface area contributed by atoms with Gasteiger partial charge in [-0.3, -0.25) is 4.79 Å². The lowest BCUT2D eigenvalue weighted by molar-refractivity contribution is 0.0714. The number of hydrogen-bond acceptors (Lipinski definition) is 5. The number of sulfonamides is 1. The summed E-state index contributed by atoms with van der Waals surface area (Å²) >= 11 is 1.48. The molecule has 0 aliphatic carbocycles. The molecule has 0 saturated carbocycles. The zero-order chi connectivity index (χ0) is 21.7. The van der Waals surface area contributed by atoms with E-state index < -0.39 is 21.7 Å². The van der Waals surface area contributed by atoms with E-state index in [0.717, 1.165) is 17.0 Å². The molecule has 0 saturated heterocycles. The van der Waals surface area contributed by atoms with Gasteiger partial charge in [-0.2, -0.15) is 4.31 Å². The fourth-order valence-electron chi connectivity index (χ4n) is 3.09. The number of furan rings is 1. The molecule has 0 bridgehead atoms. The molecule has 0 atom stereocenters. The summed E-state index contributed by atoms with van der Waals surface area (Å²) in [7, 11) is -3.82. The Kier molecular flexibility index (Phi) is 7.06. The Morgan fingerprint density at radius 2 is 1.87 bits per heavy atom. The highest BCUT2D eigenvalue weighted by Gasteiger charge is 2.26. The summed E-state index contributed by atoms with van der Waals surface area (Å²) in [5.74, 6) is -0.824. The van der Waals surface area contributed by atoms with Gasteiger partial charge in [0.15, 0.2) is 0 Å². The minimum absolute atomic E-state index is 0.106. The van der Waals surface area contributed by atoms with Crippen molar-refractivity contribution in [1.82, 2.24) is 9.21 Å². The Hall–Kier alpha value is -2.49. The van der Waals surface area contributed by atoms with E-state index in [9.17, 15) is 17.6 Å². The van der Waals surface area contributed by atoms with Crippen LogP contribution in [-0.4, -0.2) is 36.6 Å². The zero-order valence-corrected chi connectivity index (χ0v) is 18.4. The molecule has 0 radical (unpaired) electrons. The van der Waals surface area contributed by atoms with E-state index in [1.54, 1.807) is 26.0 Å². The van der Waals surface area contributed by atoms with E-state index in [0.29, 0.717) is 5.76 Å². The third kappa shape index (κ3) is 4.80. The normalized spacial score (nSPS) is 11.7. The molecule has 0 aliphatic rings. The van der Waals surface area contributed by atoms with Crippen LogP contribution in [0.15, 0.2) is 63.4 Å². The van der Waals surface area contributed by atoms with Crippen LogP contribution in [0.1, 0.15) is 34.8 Å². The summed E-state index contributed by atoms with van der Waals surface area (Å²) in [6, 6.07) is 10.5. The molecule has 0 aliphatic heterocycles. The Morgan fingerprint density at radius 1 is 1.10 bits per heavy atom. The second-order valence-electron chi connectivity index (χ2n) is 6.55. The number of rotatable bonds is 9. The molecule has 1 amide bonds. The predicted octanol–water partition coefficient (Wildman–Crippen LogP) is 4.35. The topological polar surface area (TPSA) is 70.8 Å². The van der Waals surface area contributed by atoms with Crippen LogP contribution < -0.4 is 0 Å². The summed E-state index contributed by atoms with van der Waals surface area (Å²) in [5.41, 5.74) is -0.286. The van der Waals surface area contributed by atoms with Crippen LogP contribution in [0.3, 0.4) is 0 Å². The van der Waals surface area contributed by atoms with E-state index in [4.69, 9.17) is 4.42 Å². The first-order valence-corrected chi connectivity index (χ1v) is 11.8. The molecule has 1 aromatic carbocycles. The van der Waals surface area contributed by atoms with Gasteiger partial charge in [-0.1, -0.05) is 19.9 Å². The van der Waals surface area contributed by atoms with Gasteiger partial charge in [-0.25, -0.2) is 12.8 Å². The second-order valence-corrected chi connectivity index (χ2v) is 9.52. The minimum Gasteiger partial charge on any atom is -0.467 e. The first-order valence-electron chi connectivity index (χ1n) is 9.50. The molecule has 0 N–H and O–H groups in total. The first kappa shape index (κ1) is 22.2. The Labute approximate surface area is 179 Å². The molecule has 3 aromatic rings. The largest absolute Gasteiger partial charge is 0.467 e. The molecule has 2 aromatic heterocycles. The van der Waals surface area contributed by atoms with Gasteiger partial charge in [0.1, 0.15) is 11.6 Å². The maximum Gasteiger partial charge on any atom is 0.257 e. The average molecular weight is 451 g/mol. The number of thiophene rings is 1. The molecule has 0 unspecified atom stereocenters. The molecule has 0 fully saturated rings. The molecule has 30 heavy (non-hydrogen) atoms. The van der Waals surface area contributed by atoms with Crippen LogP contribution in [0, 0.1) is 5.82 Å². The lowest BCUT2D eigenvalue weighted by Gasteiger charge is -2.23. The fraction of sp³-hybridized carbons (Fsp3) is 0.286. The smallest absolute Gasteiger partial charge is 0.257 e. The van der Waals surface area contributed by atoms with Gasteiger partial charge in [0.05, 0.1) is 29.8 Å². The van der Waals surface area contributed by atoms with Crippen molar-refractivity contribution in [3.8, 4) is 0 Å². The molecule has 160 valence electrons. The highest BCUT2D eigenvalue weighted by Crippen LogP contribution is 2.23. The van der Waals surface area contributed by atoms with Crippen LogP contribution >= 0.6 is 11.3 Å². The van der Waals surface area contributed by atoms with Gasteiger partial charge in [-0.05, 0) is 41.8 Å². The van der Waals surface area contributed by atoms with Crippen LogP contribution in [0.5, 0.6) is 0 Å². The molecule has 2 heterocycles. The summed E-state index contributed by atoms with van der Waals surface area (Å²) in [6.07, 6.45) is 1.50. The van der Waals surface area contributed by atoms with Gasteiger partial charge < -0.3 is 9.32 Å². The quantitative estimate of drug-likeness (QED) is 0.486. The third-order valence-corrected chi connectivity index (χ3v) is 7.56. The highest BCUT2D eigenvalue weighted by molar-refractivity contribution is 7.89. The number of amides is 1. The Bertz CT molecular complexity index is 1040. The summed E-state index contributed by atoms with van der Waals surface area (Å²) in [6.45, 7) is 4.40. The number of carbonyl (C=O) groups is 1. The van der Waals surface area contributed by atoms with E-state index in [1.165, 1.54) is 32.9 Å². The lowest BCUT2D eigenvalue weighted by Crippen LogP contribution is -2.32. The van der Waals surface area contributed by atoms with Crippen LogP contribution in [0.4, 0.5) is 4.39 Å². The second kappa shape index (κ2) is 9.55. The zero-order valence-electron chi connectivity index (χ0n) is 16.7. The Morgan fingerprint density at radius 3 is 2.47 bits per heavy atom. The fourth-order valence-corrected chi connectivity index (χ4v) is 5.30. The van der Waals surface area contributed by atoms with E-state index in [1.807, 2.05) is 17.5 Å². The van der Waals surface area contributed by atoms with Crippen molar-refractivity contribution in [2.75, 3.05) is 13.1 Å². The Balaban J connectivity index is 1.97. The maximum absolute atomic E-state index is 14.6. The highest BCUT2D eigenvalue weighted by atomic mass is 32.2. The van der Waals surface area contributed by atoms with E-state index in [2.05, 4.69) is 0 Å². The van der Waals surface area contributed by atoms with Crippen molar-refractivity contribution in [1.29, 1.82) is 0 Å². The third-order valence-electron chi connectivity index (χ3n) is 4.65. The van der Waals surface area contributed by atoms with E-state index >= 15 is 0 Å². The molecular weight excluding hydrogens is 427 g/mol. The monoisotopic (exact) mass is 450 g/mol. The van der Waals surface area contributed by atoms with Crippen LogP contribution in [0.25, 0.3) is 0 Å². The SMILES string of the molecule is CCN(CC)S(=O)(=O)c1ccc(F)c(C(=O)N(Cc2ccco2)Cc2cccs2)c1. The molecule has 6 nitrogen and oxygen atoms in total. The van der Waals surface area contributed by atoms with Crippen molar-refractivity contribution in [3.05, 3.63) is 76.1 Å². The first-order chi connectivity index (χ1) is 14.4. The standard InChI is InChI=1S/C21H23FN2O4S2/c1-3-24(4-2)30(26,27)18-9-10-20(22)19(13-18)21(25)23(14-16-7-5-11-28-16)15-17-8-6-12-29-17/h5-13H,3-4,14-15H2,1-2H3. The number of hydrogen-bond donors (Lipinski definition) is 0. The number of nitrogens with zero attached hydrogens (tertiary/aromatic N) is 2. The van der Waals surface area contributed by atoms with Crippen molar-refractivity contribution in [2.45, 2.75) is 31.8 Å². The van der Waals surface area contributed by atoms with Crippen molar-refractivity contribution in [3.63, 3.8) is 0 Å².